The summed E-state index contributed by atoms with van der Waals surface area (Å²) in [5.41, 5.74) is 2.70. The molecule has 140 valence electrons. The molecule has 1 amide bonds. The summed E-state index contributed by atoms with van der Waals surface area (Å²) in [6.45, 7) is 0. The number of phenols is 1. The van der Waals surface area contributed by atoms with Gasteiger partial charge in [0.1, 0.15) is 10.8 Å². The summed E-state index contributed by atoms with van der Waals surface area (Å²) < 4.78 is 1.05. The van der Waals surface area contributed by atoms with Crippen LogP contribution in [0.15, 0.2) is 84.9 Å². The number of nitrogens with zero attached hydrogens (tertiary/aromatic N) is 1. The van der Waals surface area contributed by atoms with Crippen LogP contribution >= 0.6 is 11.3 Å². The van der Waals surface area contributed by atoms with E-state index in [2.05, 4.69) is 10.3 Å². The molecular formula is C24H16N2O2S. The molecule has 2 N–H and O–H groups in total. The fourth-order valence-corrected chi connectivity index (χ4v) is 4.38. The van der Waals surface area contributed by atoms with Crippen LogP contribution in [0.25, 0.3) is 31.6 Å². The van der Waals surface area contributed by atoms with Crippen LogP contribution in [-0.2, 0) is 0 Å². The van der Waals surface area contributed by atoms with E-state index in [1.165, 1.54) is 11.3 Å². The van der Waals surface area contributed by atoms with E-state index in [-0.39, 0.29) is 11.7 Å². The number of benzene rings is 4. The molecule has 29 heavy (non-hydrogen) atoms. The predicted molar refractivity (Wildman–Crippen MR) is 119 cm³/mol. The monoisotopic (exact) mass is 396 g/mol. The van der Waals surface area contributed by atoms with Gasteiger partial charge in [0.25, 0.3) is 5.91 Å². The first kappa shape index (κ1) is 17.4. The van der Waals surface area contributed by atoms with Gasteiger partial charge in [-0.2, -0.15) is 0 Å². The number of amides is 1. The number of thiazole rings is 1. The number of hydrogen-bond donors (Lipinski definition) is 2. The molecule has 1 aromatic heterocycles. The number of hydrogen-bond acceptors (Lipinski definition) is 4. The van der Waals surface area contributed by atoms with Crippen LogP contribution in [0.5, 0.6) is 5.75 Å². The molecule has 0 radical (unpaired) electrons. The van der Waals surface area contributed by atoms with Crippen LogP contribution < -0.4 is 5.32 Å². The van der Waals surface area contributed by atoms with Gasteiger partial charge in [0.2, 0.25) is 0 Å². The number of carbonyl (C=O) groups excluding carboxylic acids is 1. The maximum absolute atomic E-state index is 12.9. The second-order valence-corrected chi connectivity index (χ2v) is 7.73. The molecule has 0 saturated carbocycles. The smallest absolute Gasteiger partial charge is 0.256 e. The number of aromatic nitrogens is 1. The summed E-state index contributed by atoms with van der Waals surface area (Å²) in [6, 6.07) is 26.3. The first-order valence-electron chi connectivity index (χ1n) is 9.17. The molecule has 0 fully saturated rings. The average molecular weight is 396 g/mol. The Morgan fingerprint density at radius 1 is 0.897 bits per heavy atom. The quantitative estimate of drug-likeness (QED) is 0.364. The molecule has 0 atom stereocenters. The van der Waals surface area contributed by atoms with Gasteiger partial charge < -0.3 is 10.4 Å². The van der Waals surface area contributed by atoms with E-state index in [0.717, 1.165) is 21.0 Å². The summed E-state index contributed by atoms with van der Waals surface area (Å²) in [5, 5.41) is 15.9. The Hall–Kier alpha value is -3.70. The summed E-state index contributed by atoms with van der Waals surface area (Å²) in [4.78, 5) is 17.5. The molecule has 0 spiro atoms. The standard InChI is InChI=1S/C24H16N2O2S/c27-21-13-12-16(14-19(21)24-26-20-10-3-4-11-22(20)29-24)25-23(28)18-9-5-7-15-6-1-2-8-17(15)18/h1-14,27H,(H,25,28). The SMILES string of the molecule is O=C(Nc1ccc(O)c(-c2nc3ccccc3s2)c1)c1cccc2ccccc12. The number of nitrogens with one attached hydrogen (secondary N) is 1. The molecule has 4 nitrogen and oxygen atoms in total. The van der Waals surface area contributed by atoms with Gasteiger partial charge in [0.05, 0.1) is 15.8 Å². The Morgan fingerprint density at radius 3 is 2.59 bits per heavy atom. The highest BCUT2D eigenvalue weighted by Crippen LogP contribution is 2.36. The lowest BCUT2D eigenvalue weighted by atomic mass is 10.0. The fraction of sp³-hybridized carbons (Fsp3) is 0. The number of carbonyl (C=O) groups is 1. The molecule has 0 bridgehead atoms. The third-order valence-corrected chi connectivity index (χ3v) is 5.88. The van der Waals surface area contributed by atoms with Crippen molar-refractivity contribution in [1.82, 2.24) is 4.98 Å². The van der Waals surface area contributed by atoms with Crippen molar-refractivity contribution < 1.29 is 9.90 Å². The molecular weight excluding hydrogens is 380 g/mol. The van der Waals surface area contributed by atoms with Crippen molar-refractivity contribution in [2.75, 3.05) is 5.32 Å². The Bertz CT molecular complexity index is 1340. The summed E-state index contributed by atoms with van der Waals surface area (Å²) in [7, 11) is 0. The van der Waals surface area contributed by atoms with Crippen molar-refractivity contribution in [3.8, 4) is 16.3 Å². The number of aromatic hydroxyl groups is 1. The third-order valence-electron chi connectivity index (χ3n) is 4.81. The molecule has 5 heteroatoms. The van der Waals surface area contributed by atoms with E-state index in [1.54, 1.807) is 18.2 Å². The molecule has 0 aliphatic heterocycles. The van der Waals surface area contributed by atoms with E-state index in [4.69, 9.17) is 0 Å². The Kier molecular flexibility index (Phi) is 4.22. The highest BCUT2D eigenvalue weighted by atomic mass is 32.1. The highest BCUT2D eigenvalue weighted by molar-refractivity contribution is 7.21. The van der Waals surface area contributed by atoms with Crippen molar-refractivity contribution in [2.24, 2.45) is 0 Å². The zero-order valence-electron chi connectivity index (χ0n) is 15.3. The van der Waals surface area contributed by atoms with Crippen molar-refractivity contribution in [1.29, 1.82) is 0 Å². The molecule has 5 rings (SSSR count). The third kappa shape index (κ3) is 3.22. The van der Waals surface area contributed by atoms with Gasteiger partial charge in [-0.05, 0) is 47.2 Å². The summed E-state index contributed by atoms with van der Waals surface area (Å²) >= 11 is 1.51. The minimum absolute atomic E-state index is 0.132. The Morgan fingerprint density at radius 2 is 1.69 bits per heavy atom. The van der Waals surface area contributed by atoms with Crippen molar-refractivity contribution >= 4 is 43.9 Å². The molecule has 0 unspecified atom stereocenters. The lowest BCUT2D eigenvalue weighted by Gasteiger charge is -2.10. The van der Waals surface area contributed by atoms with Crippen molar-refractivity contribution in [3.05, 3.63) is 90.5 Å². The van der Waals surface area contributed by atoms with Crippen LogP contribution in [0.1, 0.15) is 10.4 Å². The number of fused-ring (bicyclic) bond motifs is 2. The van der Waals surface area contributed by atoms with E-state index in [1.807, 2.05) is 66.7 Å². The largest absolute Gasteiger partial charge is 0.507 e. The zero-order valence-corrected chi connectivity index (χ0v) is 16.1. The number of anilines is 1. The minimum Gasteiger partial charge on any atom is -0.507 e. The fourth-order valence-electron chi connectivity index (χ4n) is 3.39. The van der Waals surface area contributed by atoms with E-state index >= 15 is 0 Å². The van der Waals surface area contributed by atoms with Gasteiger partial charge in [0.15, 0.2) is 0 Å². The lowest BCUT2D eigenvalue weighted by molar-refractivity contribution is 0.102. The highest BCUT2D eigenvalue weighted by Gasteiger charge is 2.14. The van der Waals surface area contributed by atoms with E-state index in [9.17, 15) is 9.90 Å². The second-order valence-electron chi connectivity index (χ2n) is 6.70. The number of phenolic OH excluding ortho intramolecular Hbond substituents is 1. The molecule has 4 aromatic carbocycles. The van der Waals surface area contributed by atoms with Gasteiger partial charge in [-0.1, -0.05) is 48.5 Å². The van der Waals surface area contributed by atoms with Gasteiger partial charge in [0, 0.05) is 11.3 Å². The first-order valence-corrected chi connectivity index (χ1v) is 9.99. The normalized spacial score (nSPS) is 11.0. The Labute approximate surface area is 171 Å². The maximum atomic E-state index is 12.9. The van der Waals surface area contributed by atoms with Gasteiger partial charge in [-0.3, -0.25) is 4.79 Å². The average Bonchev–Trinajstić information content (AvgIpc) is 3.18. The Balaban J connectivity index is 1.50. The van der Waals surface area contributed by atoms with Gasteiger partial charge in [-0.25, -0.2) is 4.98 Å². The topological polar surface area (TPSA) is 62.2 Å². The predicted octanol–water partition coefficient (Wildman–Crippen LogP) is 6.07. The second kappa shape index (κ2) is 7.04. The molecule has 5 aromatic rings. The number of rotatable bonds is 3. The summed E-state index contributed by atoms with van der Waals surface area (Å²) in [5.74, 6) is -0.0602. The van der Waals surface area contributed by atoms with E-state index in [0.29, 0.717) is 21.8 Å². The zero-order chi connectivity index (χ0) is 19.8. The lowest BCUT2D eigenvalue weighted by Crippen LogP contribution is -2.12. The van der Waals surface area contributed by atoms with Crippen molar-refractivity contribution in [2.45, 2.75) is 0 Å². The molecule has 0 saturated heterocycles. The van der Waals surface area contributed by atoms with Gasteiger partial charge in [-0.15, -0.1) is 11.3 Å². The molecule has 1 heterocycles. The van der Waals surface area contributed by atoms with Crippen LogP contribution in [0, 0.1) is 0 Å². The van der Waals surface area contributed by atoms with Crippen molar-refractivity contribution in [3.63, 3.8) is 0 Å². The molecule has 0 aliphatic carbocycles. The van der Waals surface area contributed by atoms with Crippen LogP contribution in [-0.4, -0.2) is 16.0 Å². The minimum atomic E-state index is -0.192. The summed E-state index contributed by atoms with van der Waals surface area (Å²) in [6.07, 6.45) is 0. The first-order chi connectivity index (χ1) is 14.2. The van der Waals surface area contributed by atoms with E-state index < -0.39 is 0 Å². The van der Waals surface area contributed by atoms with Gasteiger partial charge >= 0.3 is 0 Å². The van der Waals surface area contributed by atoms with Crippen LogP contribution in [0.4, 0.5) is 5.69 Å². The number of para-hydroxylation sites is 1. The maximum Gasteiger partial charge on any atom is 0.256 e. The van der Waals surface area contributed by atoms with Crippen LogP contribution in [0.2, 0.25) is 0 Å². The molecule has 0 aliphatic rings. The van der Waals surface area contributed by atoms with Crippen LogP contribution in [0.3, 0.4) is 0 Å².